The van der Waals surface area contributed by atoms with E-state index in [0.29, 0.717) is 6.61 Å². The van der Waals surface area contributed by atoms with E-state index in [2.05, 4.69) is 46.4 Å². The van der Waals surface area contributed by atoms with Crippen LogP contribution in [0.3, 0.4) is 0 Å². The predicted octanol–water partition coefficient (Wildman–Crippen LogP) is 2.62. The zero-order valence-corrected chi connectivity index (χ0v) is 11.2. The first kappa shape index (κ1) is 12.1. The standard InChI is InChI=1S/C13H18BrNO/c1-10-2-3-11(6-12(10)14)7-15-8-13(9-16)4-5-13/h2-3,6,15-16H,4-5,7-9H2,1H3. The van der Waals surface area contributed by atoms with E-state index >= 15 is 0 Å². The number of aryl methyl sites for hydroxylation is 1. The highest BCUT2D eigenvalue weighted by molar-refractivity contribution is 9.10. The fraction of sp³-hybridized carbons (Fsp3) is 0.538. The molecular weight excluding hydrogens is 266 g/mol. The lowest BCUT2D eigenvalue weighted by atomic mass is 10.1. The van der Waals surface area contributed by atoms with Crippen LogP contribution in [0.5, 0.6) is 0 Å². The molecule has 1 aliphatic rings. The lowest BCUT2D eigenvalue weighted by Crippen LogP contribution is -2.26. The minimum Gasteiger partial charge on any atom is -0.396 e. The van der Waals surface area contributed by atoms with E-state index in [9.17, 15) is 5.11 Å². The lowest BCUT2D eigenvalue weighted by Gasteiger charge is -2.13. The molecule has 0 aliphatic heterocycles. The molecule has 2 rings (SSSR count). The summed E-state index contributed by atoms with van der Waals surface area (Å²) in [5, 5.41) is 12.6. The van der Waals surface area contributed by atoms with Crippen LogP contribution in [0, 0.1) is 12.3 Å². The molecular formula is C13H18BrNO. The predicted molar refractivity (Wildman–Crippen MR) is 69.3 cm³/mol. The highest BCUT2D eigenvalue weighted by Crippen LogP contribution is 2.44. The van der Waals surface area contributed by atoms with Gasteiger partial charge in [-0.25, -0.2) is 0 Å². The van der Waals surface area contributed by atoms with Crippen LogP contribution in [0.4, 0.5) is 0 Å². The Kier molecular flexibility index (Phi) is 3.67. The van der Waals surface area contributed by atoms with Gasteiger partial charge in [-0.05, 0) is 37.0 Å². The molecule has 1 aromatic rings. The molecule has 0 spiro atoms. The van der Waals surface area contributed by atoms with Gasteiger partial charge in [0.05, 0.1) is 0 Å². The number of nitrogens with one attached hydrogen (secondary N) is 1. The third-order valence-corrected chi connectivity index (χ3v) is 4.21. The molecule has 88 valence electrons. The van der Waals surface area contributed by atoms with Crippen molar-refractivity contribution in [3.8, 4) is 0 Å². The Balaban J connectivity index is 1.83. The monoisotopic (exact) mass is 283 g/mol. The topological polar surface area (TPSA) is 32.3 Å². The number of aliphatic hydroxyl groups is 1. The van der Waals surface area contributed by atoms with Crippen molar-refractivity contribution in [2.75, 3.05) is 13.2 Å². The van der Waals surface area contributed by atoms with Gasteiger partial charge in [-0.15, -0.1) is 0 Å². The fourth-order valence-corrected chi connectivity index (χ4v) is 2.21. The van der Waals surface area contributed by atoms with E-state index < -0.39 is 0 Å². The van der Waals surface area contributed by atoms with Crippen molar-refractivity contribution in [1.82, 2.24) is 5.32 Å². The number of benzene rings is 1. The number of hydrogen-bond acceptors (Lipinski definition) is 2. The summed E-state index contributed by atoms with van der Waals surface area (Å²) in [7, 11) is 0. The molecule has 0 unspecified atom stereocenters. The van der Waals surface area contributed by atoms with Gasteiger partial charge in [0.2, 0.25) is 0 Å². The highest BCUT2D eigenvalue weighted by atomic mass is 79.9. The van der Waals surface area contributed by atoms with Gasteiger partial charge in [-0.3, -0.25) is 0 Å². The van der Waals surface area contributed by atoms with E-state index in [1.807, 2.05) is 0 Å². The second-order valence-corrected chi connectivity index (χ2v) is 5.70. The maximum Gasteiger partial charge on any atom is 0.0499 e. The normalized spacial score (nSPS) is 17.4. The summed E-state index contributed by atoms with van der Waals surface area (Å²) in [6.07, 6.45) is 2.32. The molecule has 0 heterocycles. The molecule has 1 saturated carbocycles. The van der Waals surface area contributed by atoms with Crippen LogP contribution in [0.15, 0.2) is 22.7 Å². The fourth-order valence-electron chi connectivity index (χ4n) is 1.79. The number of halogens is 1. The van der Waals surface area contributed by atoms with Gasteiger partial charge in [0.15, 0.2) is 0 Å². The molecule has 0 aromatic heterocycles. The first-order valence-corrected chi connectivity index (χ1v) is 6.51. The highest BCUT2D eigenvalue weighted by Gasteiger charge is 2.41. The average molecular weight is 284 g/mol. The van der Waals surface area contributed by atoms with E-state index in [-0.39, 0.29) is 5.41 Å². The number of aliphatic hydroxyl groups excluding tert-OH is 1. The number of rotatable bonds is 5. The van der Waals surface area contributed by atoms with E-state index in [1.54, 1.807) is 0 Å². The Morgan fingerprint density at radius 1 is 1.44 bits per heavy atom. The average Bonchev–Trinajstić information content (AvgIpc) is 3.04. The van der Waals surface area contributed by atoms with E-state index in [1.165, 1.54) is 11.1 Å². The van der Waals surface area contributed by atoms with Crippen molar-refractivity contribution >= 4 is 15.9 Å². The van der Waals surface area contributed by atoms with Gasteiger partial charge in [0.1, 0.15) is 0 Å². The quantitative estimate of drug-likeness (QED) is 0.871. The van der Waals surface area contributed by atoms with Crippen molar-refractivity contribution in [3.05, 3.63) is 33.8 Å². The SMILES string of the molecule is Cc1ccc(CNCC2(CO)CC2)cc1Br. The zero-order chi connectivity index (χ0) is 11.6. The summed E-state index contributed by atoms with van der Waals surface area (Å²) in [5.74, 6) is 0. The molecule has 0 radical (unpaired) electrons. The summed E-state index contributed by atoms with van der Waals surface area (Å²) in [6, 6.07) is 6.42. The summed E-state index contributed by atoms with van der Waals surface area (Å²) in [5.41, 5.74) is 2.74. The van der Waals surface area contributed by atoms with Crippen LogP contribution in [-0.4, -0.2) is 18.3 Å². The van der Waals surface area contributed by atoms with Crippen LogP contribution in [0.2, 0.25) is 0 Å². The van der Waals surface area contributed by atoms with Gasteiger partial charge in [-0.1, -0.05) is 28.1 Å². The molecule has 0 saturated heterocycles. The summed E-state index contributed by atoms with van der Waals surface area (Å²) >= 11 is 3.54. The largest absolute Gasteiger partial charge is 0.396 e. The number of hydrogen-bond donors (Lipinski definition) is 2. The van der Waals surface area contributed by atoms with Crippen LogP contribution < -0.4 is 5.32 Å². The lowest BCUT2D eigenvalue weighted by molar-refractivity contribution is 0.207. The second-order valence-electron chi connectivity index (χ2n) is 4.85. The van der Waals surface area contributed by atoms with Gasteiger partial charge in [0, 0.05) is 29.6 Å². The van der Waals surface area contributed by atoms with Crippen LogP contribution in [0.1, 0.15) is 24.0 Å². The van der Waals surface area contributed by atoms with Gasteiger partial charge < -0.3 is 10.4 Å². The van der Waals surface area contributed by atoms with Crippen LogP contribution in [0.25, 0.3) is 0 Å². The Morgan fingerprint density at radius 3 is 2.75 bits per heavy atom. The molecule has 3 heteroatoms. The van der Waals surface area contributed by atoms with Crippen LogP contribution in [-0.2, 0) is 6.54 Å². The third-order valence-electron chi connectivity index (χ3n) is 3.36. The molecule has 2 N–H and O–H groups in total. The Morgan fingerprint density at radius 2 is 2.19 bits per heavy atom. The van der Waals surface area contributed by atoms with Gasteiger partial charge in [0.25, 0.3) is 0 Å². The molecule has 0 amide bonds. The maximum absolute atomic E-state index is 9.19. The first-order chi connectivity index (χ1) is 7.65. The second kappa shape index (κ2) is 4.86. The molecule has 1 aliphatic carbocycles. The minimum atomic E-state index is 0.196. The molecule has 16 heavy (non-hydrogen) atoms. The summed E-state index contributed by atoms with van der Waals surface area (Å²) < 4.78 is 1.16. The summed E-state index contributed by atoms with van der Waals surface area (Å²) in [4.78, 5) is 0. The van der Waals surface area contributed by atoms with Crippen molar-refractivity contribution in [2.45, 2.75) is 26.3 Å². The van der Waals surface area contributed by atoms with Crippen molar-refractivity contribution in [1.29, 1.82) is 0 Å². The molecule has 1 aromatic carbocycles. The molecule has 0 bridgehead atoms. The Hall–Kier alpha value is -0.380. The van der Waals surface area contributed by atoms with Crippen molar-refractivity contribution < 1.29 is 5.11 Å². The third kappa shape index (κ3) is 2.84. The first-order valence-electron chi connectivity index (χ1n) is 5.72. The van der Waals surface area contributed by atoms with Gasteiger partial charge in [-0.2, -0.15) is 0 Å². The maximum atomic E-state index is 9.19. The zero-order valence-electron chi connectivity index (χ0n) is 9.59. The summed E-state index contributed by atoms with van der Waals surface area (Å²) in [6.45, 7) is 4.21. The molecule has 0 atom stereocenters. The van der Waals surface area contributed by atoms with Crippen molar-refractivity contribution in [3.63, 3.8) is 0 Å². The minimum absolute atomic E-state index is 0.196. The van der Waals surface area contributed by atoms with E-state index in [4.69, 9.17) is 0 Å². The van der Waals surface area contributed by atoms with Gasteiger partial charge >= 0.3 is 0 Å². The Bertz CT molecular complexity index is 374. The Labute approximate surface area is 105 Å². The molecule has 1 fully saturated rings. The molecule has 2 nitrogen and oxygen atoms in total. The van der Waals surface area contributed by atoms with Crippen LogP contribution >= 0.6 is 15.9 Å². The smallest absolute Gasteiger partial charge is 0.0499 e. The van der Waals surface area contributed by atoms with Crippen molar-refractivity contribution in [2.24, 2.45) is 5.41 Å². The van der Waals surface area contributed by atoms with E-state index in [0.717, 1.165) is 30.4 Å².